The standard InChI is InChI=1S/C13H22N2O4/c16-12(3-4-14-7-9-19-10-8-14)15-5-1-11(2-6-15)13(17)18/h11H,1-10H2,(H,17,18). The first-order valence-electron chi connectivity index (χ1n) is 6.97. The fourth-order valence-corrected chi connectivity index (χ4v) is 2.61. The van der Waals surface area contributed by atoms with Gasteiger partial charge in [0.1, 0.15) is 0 Å². The molecule has 0 bridgehead atoms. The zero-order valence-corrected chi connectivity index (χ0v) is 11.2. The third-order valence-electron chi connectivity index (χ3n) is 3.94. The topological polar surface area (TPSA) is 70.1 Å². The van der Waals surface area contributed by atoms with Gasteiger partial charge in [-0.05, 0) is 12.8 Å². The highest BCUT2D eigenvalue weighted by Crippen LogP contribution is 2.17. The molecule has 2 heterocycles. The minimum Gasteiger partial charge on any atom is -0.481 e. The van der Waals surface area contributed by atoms with Crippen molar-refractivity contribution in [2.45, 2.75) is 19.3 Å². The summed E-state index contributed by atoms with van der Waals surface area (Å²) < 4.78 is 5.26. The Bertz CT molecular complexity index is 321. The molecule has 6 nitrogen and oxygen atoms in total. The van der Waals surface area contributed by atoms with Crippen LogP contribution in [0.2, 0.25) is 0 Å². The Morgan fingerprint density at radius 3 is 2.32 bits per heavy atom. The molecule has 0 aromatic carbocycles. The second kappa shape index (κ2) is 6.86. The summed E-state index contributed by atoms with van der Waals surface area (Å²) in [5, 5.41) is 8.91. The normalized spacial score (nSPS) is 22.4. The molecule has 2 rings (SSSR count). The summed E-state index contributed by atoms with van der Waals surface area (Å²) in [6.07, 6.45) is 1.69. The van der Waals surface area contributed by atoms with Gasteiger partial charge >= 0.3 is 5.97 Å². The lowest BCUT2D eigenvalue weighted by atomic mass is 9.97. The molecule has 0 radical (unpaired) electrons. The van der Waals surface area contributed by atoms with Crippen LogP contribution in [0.3, 0.4) is 0 Å². The Kier molecular flexibility index (Phi) is 5.15. The van der Waals surface area contributed by atoms with E-state index in [1.54, 1.807) is 4.90 Å². The Balaban J connectivity index is 1.67. The van der Waals surface area contributed by atoms with Crippen LogP contribution in [0.25, 0.3) is 0 Å². The molecule has 0 aliphatic carbocycles. The highest BCUT2D eigenvalue weighted by atomic mass is 16.5. The van der Waals surface area contributed by atoms with Crippen LogP contribution in [0.15, 0.2) is 0 Å². The van der Waals surface area contributed by atoms with Gasteiger partial charge in [-0.2, -0.15) is 0 Å². The quantitative estimate of drug-likeness (QED) is 0.780. The van der Waals surface area contributed by atoms with Crippen molar-refractivity contribution >= 4 is 11.9 Å². The van der Waals surface area contributed by atoms with Crippen LogP contribution in [0, 0.1) is 5.92 Å². The summed E-state index contributed by atoms with van der Waals surface area (Å²) in [6.45, 7) is 5.23. The molecular formula is C13H22N2O4. The Labute approximate surface area is 113 Å². The summed E-state index contributed by atoms with van der Waals surface area (Å²) in [7, 11) is 0. The van der Waals surface area contributed by atoms with Gasteiger partial charge in [-0.15, -0.1) is 0 Å². The van der Waals surface area contributed by atoms with E-state index >= 15 is 0 Å². The maximum absolute atomic E-state index is 12.0. The average molecular weight is 270 g/mol. The van der Waals surface area contributed by atoms with Crippen molar-refractivity contribution < 1.29 is 19.4 Å². The first-order valence-corrected chi connectivity index (χ1v) is 6.97. The van der Waals surface area contributed by atoms with E-state index in [2.05, 4.69) is 4.90 Å². The molecule has 0 unspecified atom stereocenters. The zero-order valence-electron chi connectivity index (χ0n) is 11.2. The fourth-order valence-electron chi connectivity index (χ4n) is 2.61. The highest BCUT2D eigenvalue weighted by molar-refractivity contribution is 5.77. The molecular weight excluding hydrogens is 248 g/mol. The molecule has 2 fully saturated rings. The van der Waals surface area contributed by atoms with Crippen molar-refractivity contribution in [1.82, 2.24) is 9.80 Å². The van der Waals surface area contributed by atoms with Gasteiger partial charge in [-0.25, -0.2) is 0 Å². The van der Waals surface area contributed by atoms with Gasteiger partial charge in [-0.1, -0.05) is 0 Å². The molecule has 1 N–H and O–H groups in total. The molecule has 0 saturated carbocycles. The van der Waals surface area contributed by atoms with E-state index in [0.29, 0.717) is 32.4 Å². The van der Waals surface area contributed by atoms with Crippen molar-refractivity contribution in [2.24, 2.45) is 5.92 Å². The van der Waals surface area contributed by atoms with Gasteiger partial charge in [0.25, 0.3) is 0 Å². The summed E-state index contributed by atoms with van der Waals surface area (Å²) in [4.78, 5) is 26.9. The van der Waals surface area contributed by atoms with Crippen LogP contribution in [0.1, 0.15) is 19.3 Å². The van der Waals surface area contributed by atoms with Gasteiger partial charge in [0.2, 0.25) is 5.91 Å². The number of hydrogen-bond acceptors (Lipinski definition) is 4. The van der Waals surface area contributed by atoms with E-state index in [-0.39, 0.29) is 11.8 Å². The Hall–Kier alpha value is -1.14. The third kappa shape index (κ3) is 4.18. The molecule has 2 aliphatic heterocycles. The van der Waals surface area contributed by atoms with Crippen molar-refractivity contribution in [3.05, 3.63) is 0 Å². The molecule has 1 amide bonds. The summed E-state index contributed by atoms with van der Waals surface area (Å²) in [5.74, 6) is -0.862. The van der Waals surface area contributed by atoms with E-state index in [1.165, 1.54) is 0 Å². The monoisotopic (exact) mass is 270 g/mol. The second-order valence-electron chi connectivity index (χ2n) is 5.20. The van der Waals surface area contributed by atoms with Crippen LogP contribution < -0.4 is 0 Å². The Morgan fingerprint density at radius 1 is 1.11 bits per heavy atom. The zero-order chi connectivity index (χ0) is 13.7. The van der Waals surface area contributed by atoms with Crippen LogP contribution in [0.5, 0.6) is 0 Å². The van der Waals surface area contributed by atoms with Gasteiger partial charge in [0.15, 0.2) is 0 Å². The van der Waals surface area contributed by atoms with E-state index in [1.807, 2.05) is 0 Å². The molecule has 0 aromatic heterocycles. The summed E-state index contributed by atoms with van der Waals surface area (Å²) >= 11 is 0. The van der Waals surface area contributed by atoms with E-state index in [9.17, 15) is 9.59 Å². The minimum atomic E-state index is -0.736. The number of carbonyl (C=O) groups is 2. The number of rotatable bonds is 4. The van der Waals surface area contributed by atoms with Crippen molar-refractivity contribution in [2.75, 3.05) is 45.9 Å². The predicted octanol–water partition coefficient (Wildman–Crippen LogP) is 0.0319. The highest BCUT2D eigenvalue weighted by Gasteiger charge is 2.26. The fraction of sp³-hybridized carbons (Fsp3) is 0.846. The van der Waals surface area contributed by atoms with Crippen LogP contribution in [0.4, 0.5) is 0 Å². The van der Waals surface area contributed by atoms with Crippen LogP contribution in [-0.4, -0.2) is 72.7 Å². The first-order chi connectivity index (χ1) is 9.16. The smallest absolute Gasteiger partial charge is 0.306 e. The number of hydrogen-bond donors (Lipinski definition) is 1. The molecule has 108 valence electrons. The number of amides is 1. The SMILES string of the molecule is O=C(O)C1CCN(C(=O)CCN2CCOCC2)CC1. The molecule has 6 heteroatoms. The first kappa shape index (κ1) is 14.3. The molecule has 0 atom stereocenters. The second-order valence-corrected chi connectivity index (χ2v) is 5.20. The number of carboxylic acid groups (broad SMARTS) is 1. The number of aliphatic carboxylic acids is 1. The molecule has 0 spiro atoms. The summed E-state index contributed by atoms with van der Waals surface area (Å²) in [5.41, 5.74) is 0. The lowest BCUT2D eigenvalue weighted by molar-refractivity contribution is -0.145. The number of piperidine rings is 1. The van der Waals surface area contributed by atoms with Gasteiger partial charge in [0, 0.05) is 39.1 Å². The van der Waals surface area contributed by atoms with Crippen molar-refractivity contribution in [3.63, 3.8) is 0 Å². The number of morpholine rings is 1. The van der Waals surface area contributed by atoms with Crippen molar-refractivity contribution in [1.29, 1.82) is 0 Å². The maximum Gasteiger partial charge on any atom is 0.306 e. The lowest BCUT2D eigenvalue weighted by Crippen LogP contribution is -2.43. The van der Waals surface area contributed by atoms with E-state index in [0.717, 1.165) is 32.8 Å². The lowest BCUT2D eigenvalue weighted by Gasteiger charge is -2.31. The predicted molar refractivity (Wildman–Crippen MR) is 68.8 cm³/mol. The largest absolute Gasteiger partial charge is 0.481 e. The van der Waals surface area contributed by atoms with Gasteiger partial charge < -0.3 is 14.7 Å². The average Bonchev–Trinajstić information content (AvgIpc) is 2.46. The number of likely N-dealkylation sites (tertiary alicyclic amines) is 1. The van der Waals surface area contributed by atoms with E-state index in [4.69, 9.17) is 9.84 Å². The van der Waals surface area contributed by atoms with Gasteiger partial charge in [-0.3, -0.25) is 14.5 Å². The Morgan fingerprint density at radius 2 is 1.74 bits per heavy atom. The third-order valence-corrected chi connectivity index (χ3v) is 3.94. The molecule has 2 saturated heterocycles. The summed E-state index contributed by atoms with van der Waals surface area (Å²) in [6, 6.07) is 0. The van der Waals surface area contributed by atoms with Crippen molar-refractivity contribution in [3.8, 4) is 0 Å². The maximum atomic E-state index is 12.0. The van der Waals surface area contributed by atoms with Crippen LogP contribution >= 0.6 is 0 Å². The molecule has 19 heavy (non-hydrogen) atoms. The number of ether oxygens (including phenoxy) is 1. The molecule has 2 aliphatic rings. The van der Waals surface area contributed by atoms with Gasteiger partial charge in [0.05, 0.1) is 19.1 Å². The van der Waals surface area contributed by atoms with E-state index < -0.39 is 5.97 Å². The number of nitrogens with zero attached hydrogens (tertiary/aromatic N) is 2. The number of carboxylic acids is 1. The number of carbonyl (C=O) groups excluding carboxylic acids is 1. The van der Waals surface area contributed by atoms with Crippen LogP contribution in [-0.2, 0) is 14.3 Å². The minimum absolute atomic E-state index is 0.148. The molecule has 0 aromatic rings.